The number of hydrogen-bond acceptors (Lipinski definition) is 6. The van der Waals surface area contributed by atoms with E-state index >= 15 is 0 Å². The molecule has 0 aromatic carbocycles. The van der Waals surface area contributed by atoms with Crippen LogP contribution in [0.3, 0.4) is 0 Å². The minimum Gasteiger partial charge on any atom is -0.494 e. The molecule has 0 aliphatic rings. The topological polar surface area (TPSA) is 77.0 Å². The van der Waals surface area contributed by atoms with E-state index in [2.05, 4.69) is 27.4 Å². The van der Waals surface area contributed by atoms with Gasteiger partial charge >= 0.3 is 0 Å². The quantitative estimate of drug-likeness (QED) is 0.357. The number of unbranched alkanes of at least 4 members (excludes halogenated alkanes) is 1. The molecule has 148 valence electrons. The van der Waals surface area contributed by atoms with Crippen molar-refractivity contribution in [3.8, 4) is 5.75 Å². The van der Waals surface area contributed by atoms with E-state index in [1.807, 2.05) is 32.1 Å². The number of carbonyl (C=O) groups excluding carboxylic acids is 1. The summed E-state index contributed by atoms with van der Waals surface area (Å²) in [6.45, 7) is 6.01. The second kappa shape index (κ2) is 10.7. The number of ether oxygens (including phenoxy) is 1. The number of anilines is 1. The highest BCUT2D eigenvalue weighted by atomic mass is 35.5. The number of nitrogens with zero attached hydrogens (tertiary/aromatic N) is 3. The molecule has 28 heavy (non-hydrogen) atoms. The summed E-state index contributed by atoms with van der Waals surface area (Å²) in [6, 6.07) is 1.70. The summed E-state index contributed by atoms with van der Waals surface area (Å²) in [4.78, 5) is 17.2. The first kappa shape index (κ1) is 21.8. The third-order valence-electron chi connectivity index (χ3n) is 3.63. The number of halogens is 1. The Labute approximate surface area is 174 Å². The van der Waals surface area contributed by atoms with Gasteiger partial charge in [-0.25, -0.2) is 4.98 Å². The molecule has 0 unspecified atom stereocenters. The van der Waals surface area contributed by atoms with Gasteiger partial charge in [0.1, 0.15) is 16.4 Å². The number of allylic oxidation sites excluding steroid dienone is 4. The molecule has 0 bridgehead atoms. The summed E-state index contributed by atoms with van der Waals surface area (Å²) in [6.07, 6.45) is 9.10. The fourth-order valence-corrected chi connectivity index (χ4v) is 3.03. The summed E-state index contributed by atoms with van der Waals surface area (Å²) < 4.78 is 5.46. The van der Waals surface area contributed by atoms with Gasteiger partial charge in [0, 0.05) is 11.1 Å². The maximum atomic E-state index is 13.1. The molecule has 0 aliphatic carbocycles. The van der Waals surface area contributed by atoms with Gasteiger partial charge in [0.15, 0.2) is 0 Å². The van der Waals surface area contributed by atoms with Crippen LogP contribution in [0.1, 0.15) is 39.2 Å². The normalized spacial score (nSPS) is 11.9. The minimum atomic E-state index is -0.286. The Morgan fingerprint density at radius 2 is 2.18 bits per heavy atom. The first-order chi connectivity index (χ1) is 13.5. The zero-order valence-corrected chi connectivity index (χ0v) is 17.9. The number of rotatable bonds is 8. The lowest BCUT2D eigenvalue weighted by Crippen LogP contribution is -2.15. The highest BCUT2D eigenvalue weighted by molar-refractivity contribution is 7.13. The first-order valence-electron chi connectivity index (χ1n) is 8.79. The molecule has 2 aromatic rings. The number of methoxy groups -OCH3 is 1. The summed E-state index contributed by atoms with van der Waals surface area (Å²) in [5.41, 5.74) is 4.44. The van der Waals surface area contributed by atoms with Crippen molar-refractivity contribution in [3.05, 3.63) is 57.9 Å². The number of carbonyl (C=O) groups is 1. The summed E-state index contributed by atoms with van der Waals surface area (Å²) in [5, 5.41) is 11.2. The number of pyridine rings is 1. The van der Waals surface area contributed by atoms with E-state index in [1.165, 1.54) is 11.3 Å². The standard InChI is InChI=1S/C20H23ClN4O2S/c1-5-6-7-8-14(19(26)24-20-25-23-12-28-20)15(9-13(2)3)16-10-18(21)22-11-17(16)27-4/h7-12H,5-6H2,1-4H3,(H,24,25,26)/b8-7+,15-14-. The second-order valence-corrected chi connectivity index (χ2v) is 7.37. The first-order valence-corrected chi connectivity index (χ1v) is 10.0. The molecule has 0 saturated heterocycles. The average Bonchev–Trinajstić information content (AvgIpc) is 3.16. The van der Waals surface area contributed by atoms with E-state index in [0.29, 0.717) is 32.7 Å². The molecule has 0 aliphatic heterocycles. The van der Waals surface area contributed by atoms with Crippen LogP contribution in [0, 0.1) is 0 Å². The maximum Gasteiger partial charge on any atom is 0.258 e. The molecule has 2 rings (SSSR count). The maximum absolute atomic E-state index is 13.1. The predicted molar refractivity (Wildman–Crippen MR) is 115 cm³/mol. The van der Waals surface area contributed by atoms with Crippen molar-refractivity contribution < 1.29 is 9.53 Å². The van der Waals surface area contributed by atoms with Crippen molar-refractivity contribution in [2.45, 2.75) is 33.6 Å². The second-order valence-electron chi connectivity index (χ2n) is 6.15. The van der Waals surface area contributed by atoms with Crippen molar-refractivity contribution in [1.29, 1.82) is 0 Å². The SMILES string of the molecule is CCC/C=C/C(C(=O)Nc1nncs1)=C(\C=C(C)C)c1cc(Cl)ncc1OC. The van der Waals surface area contributed by atoms with E-state index in [0.717, 1.165) is 18.4 Å². The van der Waals surface area contributed by atoms with Crippen LogP contribution >= 0.6 is 22.9 Å². The van der Waals surface area contributed by atoms with Crippen LogP contribution in [0.4, 0.5) is 5.13 Å². The highest BCUT2D eigenvalue weighted by Crippen LogP contribution is 2.32. The molecule has 2 heterocycles. The van der Waals surface area contributed by atoms with E-state index in [9.17, 15) is 4.79 Å². The van der Waals surface area contributed by atoms with Crippen molar-refractivity contribution in [2.24, 2.45) is 0 Å². The number of amides is 1. The van der Waals surface area contributed by atoms with Crippen molar-refractivity contribution in [3.63, 3.8) is 0 Å². The van der Waals surface area contributed by atoms with Gasteiger partial charge in [0.25, 0.3) is 5.91 Å². The summed E-state index contributed by atoms with van der Waals surface area (Å²) >= 11 is 7.39. The largest absolute Gasteiger partial charge is 0.494 e. The summed E-state index contributed by atoms with van der Waals surface area (Å²) in [7, 11) is 1.56. The number of nitrogens with one attached hydrogen (secondary N) is 1. The van der Waals surface area contributed by atoms with Gasteiger partial charge in [0.05, 0.1) is 13.3 Å². The minimum absolute atomic E-state index is 0.286. The van der Waals surface area contributed by atoms with Crippen LogP contribution in [0.25, 0.3) is 5.57 Å². The van der Waals surface area contributed by atoms with Crippen molar-refractivity contribution in [1.82, 2.24) is 15.2 Å². The Morgan fingerprint density at radius 3 is 2.79 bits per heavy atom. The Hall–Kier alpha value is -2.51. The van der Waals surface area contributed by atoms with Gasteiger partial charge in [0.2, 0.25) is 5.13 Å². The van der Waals surface area contributed by atoms with Gasteiger partial charge < -0.3 is 4.74 Å². The van der Waals surface area contributed by atoms with Gasteiger partial charge in [-0.15, -0.1) is 10.2 Å². The molecular weight excluding hydrogens is 396 g/mol. The Morgan fingerprint density at radius 1 is 1.39 bits per heavy atom. The smallest absolute Gasteiger partial charge is 0.258 e. The number of hydrogen-bond donors (Lipinski definition) is 1. The molecule has 0 fully saturated rings. The van der Waals surface area contributed by atoms with Crippen LogP contribution < -0.4 is 10.1 Å². The van der Waals surface area contributed by atoms with Crippen LogP contribution in [0.2, 0.25) is 5.15 Å². The molecule has 0 spiro atoms. The predicted octanol–water partition coefficient (Wildman–Crippen LogP) is 5.31. The van der Waals surface area contributed by atoms with Crippen LogP contribution in [0.5, 0.6) is 5.75 Å². The zero-order valence-electron chi connectivity index (χ0n) is 16.3. The molecule has 0 radical (unpaired) electrons. The molecular formula is C20H23ClN4O2S. The Balaban J connectivity index is 2.68. The Bertz CT molecular complexity index is 901. The lowest BCUT2D eigenvalue weighted by atomic mass is 9.96. The fraction of sp³-hybridized carbons (Fsp3) is 0.300. The van der Waals surface area contributed by atoms with Crippen molar-refractivity contribution in [2.75, 3.05) is 12.4 Å². The van der Waals surface area contributed by atoms with E-state index in [4.69, 9.17) is 16.3 Å². The zero-order chi connectivity index (χ0) is 20.5. The third kappa shape index (κ3) is 6.00. The van der Waals surface area contributed by atoms with Crippen molar-refractivity contribution >= 4 is 39.5 Å². The molecule has 8 heteroatoms. The molecule has 1 N–H and O–H groups in total. The lowest BCUT2D eigenvalue weighted by molar-refractivity contribution is -0.112. The molecule has 6 nitrogen and oxygen atoms in total. The van der Waals surface area contributed by atoms with Gasteiger partial charge in [-0.2, -0.15) is 0 Å². The monoisotopic (exact) mass is 418 g/mol. The highest BCUT2D eigenvalue weighted by Gasteiger charge is 2.18. The molecule has 1 amide bonds. The molecule has 0 atom stereocenters. The van der Waals surface area contributed by atoms with E-state index in [1.54, 1.807) is 24.9 Å². The van der Waals surface area contributed by atoms with Gasteiger partial charge in [-0.3, -0.25) is 10.1 Å². The van der Waals surface area contributed by atoms with Gasteiger partial charge in [-0.1, -0.05) is 60.1 Å². The summed E-state index contributed by atoms with van der Waals surface area (Å²) in [5.74, 6) is 0.244. The average molecular weight is 419 g/mol. The Kier molecular flexibility index (Phi) is 8.35. The third-order valence-corrected chi connectivity index (χ3v) is 4.45. The van der Waals surface area contributed by atoms with E-state index < -0.39 is 0 Å². The molecule has 0 saturated carbocycles. The van der Waals surface area contributed by atoms with Gasteiger partial charge in [-0.05, 0) is 31.9 Å². The fourth-order valence-electron chi connectivity index (χ4n) is 2.43. The number of aromatic nitrogens is 3. The van der Waals surface area contributed by atoms with E-state index in [-0.39, 0.29) is 5.91 Å². The lowest BCUT2D eigenvalue weighted by Gasteiger charge is -2.14. The van der Waals surface area contributed by atoms with Crippen LogP contribution in [-0.2, 0) is 4.79 Å². The molecule has 2 aromatic heterocycles. The van der Waals surface area contributed by atoms with Crippen LogP contribution in [0.15, 0.2) is 47.1 Å². The van der Waals surface area contributed by atoms with Crippen LogP contribution in [-0.4, -0.2) is 28.2 Å².